The van der Waals surface area contributed by atoms with Crippen molar-refractivity contribution < 1.29 is 0 Å². The molecule has 0 aromatic carbocycles. The summed E-state index contributed by atoms with van der Waals surface area (Å²) in [7, 11) is 0. The van der Waals surface area contributed by atoms with Gasteiger partial charge in [-0.2, -0.15) is 0 Å². The number of hydrogen-bond donors (Lipinski definition) is 1. The van der Waals surface area contributed by atoms with E-state index in [1.807, 2.05) is 6.20 Å². The number of aryl methyl sites for hydroxylation is 1. The van der Waals surface area contributed by atoms with Gasteiger partial charge in [0.05, 0.1) is 0 Å². The lowest BCUT2D eigenvalue weighted by Crippen LogP contribution is -2.29. The molecule has 1 N–H and O–H groups in total. The van der Waals surface area contributed by atoms with Crippen LogP contribution in [0.5, 0.6) is 0 Å². The van der Waals surface area contributed by atoms with Gasteiger partial charge in [-0.25, -0.2) is 9.97 Å². The van der Waals surface area contributed by atoms with E-state index in [1.165, 1.54) is 24.8 Å². The fourth-order valence-electron chi connectivity index (χ4n) is 2.91. The third-order valence-corrected chi connectivity index (χ3v) is 4.27. The molecule has 2 unspecified atom stereocenters. The summed E-state index contributed by atoms with van der Waals surface area (Å²) >= 11 is 0. The number of rotatable bonds is 4. The third kappa shape index (κ3) is 2.89. The molecule has 0 amide bonds. The highest BCUT2D eigenvalue weighted by Gasteiger charge is 2.28. The van der Waals surface area contributed by atoms with Crippen LogP contribution in [0.1, 0.15) is 44.4 Å². The minimum Gasteiger partial charge on any atom is -0.338 e. The molecule has 2 atom stereocenters. The van der Waals surface area contributed by atoms with E-state index in [9.17, 15) is 0 Å². The molecule has 1 aliphatic carbocycles. The minimum absolute atomic E-state index is 0.560. The second kappa shape index (κ2) is 5.08. The Morgan fingerprint density at radius 1 is 1.37 bits per heavy atom. The summed E-state index contributed by atoms with van der Waals surface area (Å²) in [6.45, 7) is 8.66. The van der Waals surface area contributed by atoms with Gasteiger partial charge in [-0.3, -0.25) is 0 Å². The first-order valence-corrected chi connectivity index (χ1v) is 7.46. The van der Waals surface area contributed by atoms with Crippen molar-refractivity contribution >= 4 is 5.95 Å². The molecular weight excluding hydrogens is 236 g/mol. The summed E-state index contributed by atoms with van der Waals surface area (Å²) in [5.74, 6) is 1.65. The van der Waals surface area contributed by atoms with Gasteiger partial charge < -0.3 is 10.2 Å². The standard InChI is InChI=1S/C15H24N4/c1-10-6-11(2)19(9-10)15-17-8-13(12(3)18-15)7-16-14-4-5-14/h8,10-11,14,16H,4-7,9H2,1-3H3. The molecule has 1 aromatic rings. The van der Waals surface area contributed by atoms with Gasteiger partial charge in [-0.05, 0) is 39.0 Å². The van der Waals surface area contributed by atoms with Crippen LogP contribution in [0.25, 0.3) is 0 Å². The van der Waals surface area contributed by atoms with Crippen LogP contribution in [-0.2, 0) is 6.54 Å². The van der Waals surface area contributed by atoms with Crippen LogP contribution >= 0.6 is 0 Å². The average Bonchev–Trinajstić information content (AvgIpc) is 3.12. The highest BCUT2D eigenvalue weighted by atomic mass is 15.3. The summed E-state index contributed by atoms with van der Waals surface area (Å²) in [6.07, 6.45) is 5.89. The molecule has 19 heavy (non-hydrogen) atoms. The second-order valence-electron chi connectivity index (χ2n) is 6.28. The van der Waals surface area contributed by atoms with Gasteiger partial charge >= 0.3 is 0 Å². The van der Waals surface area contributed by atoms with E-state index in [-0.39, 0.29) is 0 Å². The fourth-order valence-corrected chi connectivity index (χ4v) is 2.91. The Morgan fingerprint density at radius 3 is 2.74 bits per heavy atom. The molecule has 4 heteroatoms. The van der Waals surface area contributed by atoms with E-state index >= 15 is 0 Å². The van der Waals surface area contributed by atoms with Crippen molar-refractivity contribution in [3.8, 4) is 0 Å². The monoisotopic (exact) mass is 260 g/mol. The van der Waals surface area contributed by atoms with Crippen LogP contribution in [0.3, 0.4) is 0 Å². The lowest BCUT2D eigenvalue weighted by Gasteiger charge is -2.22. The Bertz CT molecular complexity index is 455. The molecule has 2 aliphatic rings. The highest BCUT2D eigenvalue weighted by molar-refractivity contribution is 5.36. The maximum atomic E-state index is 4.71. The summed E-state index contributed by atoms with van der Waals surface area (Å²) in [5.41, 5.74) is 2.35. The largest absolute Gasteiger partial charge is 0.338 e. The number of nitrogens with one attached hydrogen (secondary N) is 1. The molecule has 1 saturated heterocycles. The van der Waals surface area contributed by atoms with Crippen molar-refractivity contribution in [2.75, 3.05) is 11.4 Å². The van der Waals surface area contributed by atoms with Crippen LogP contribution in [0.2, 0.25) is 0 Å². The number of nitrogens with zero attached hydrogens (tertiary/aromatic N) is 3. The summed E-state index contributed by atoms with van der Waals surface area (Å²) < 4.78 is 0. The molecule has 3 rings (SSSR count). The lowest BCUT2D eigenvalue weighted by molar-refractivity contribution is 0.624. The van der Waals surface area contributed by atoms with Crippen LogP contribution in [0.15, 0.2) is 6.20 Å². The lowest BCUT2D eigenvalue weighted by atomic mass is 10.1. The van der Waals surface area contributed by atoms with Crippen LogP contribution < -0.4 is 10.2 Å². The Balaban J connectivity index is 1.71. The van der Waals surface area contributed by atoms with Gasteiger partial charge in [0.1, 0.15) is 0 Å². The third-order valence-electron chi connectivity index (χ3n) is 4.27. The van der Waals surface area contributed by atoms with Gasteiger partial charge in [-0.15, -0.1) is 0 Å². The average molecular weight is 260 g/mol. The predicted molar refractivity (Wildman–Crippen MR) is 77.2 cm³/mol. The summed E-state index contributed by atoms with van der Waals surface area (Å²) in [4.78, 5) is 11.6. The molecule has 1 aliphatic heterocycles. The second-order valence-corrected chi connectivity index (χ2v) is 6.28. The number of hydrogen-bond acceptors (Lipinski definition) is 4. The Kier molecular flexibility index (Phi) is 3.44. The molecular formula is C15H24N4. The van der Waals surface area contributed by atoms with Gasteiger partial charge in [0.15, 0.2) is 0 Å². The first kappa shape index (κ1) is 12.9. The van der Waals surface area contributed by atoms with Crippen molar-refractivity contribution in [3.05, 3.63) is 17.5 Å². The molecule has 104 valence electrons. The van der Waals surface area contributed by atoms with Crippen molar-refractivity contribution in [1.29, 1.82) is 0 Å². The SMILES string of the molecule is Cc1nc(N2CC(C)CC2C)ncc1CNC1CC1. The van der Waals surface area contributed by atoms with E-state index < -0.39 is 0 Å². The van der Waals surface area contributed by atoms with Crippen molar-refractivity contribution in [2.24, 2.45) is 5.92 Å². The maximum Gasteiger partial charge on any atom is 0.225 e. The molecule has 0 bridgehead atoms. The Morgan fingerprint density at radius 2 is 2.16 bits per heavy atom. The van der Waals surface area contributed by atoms with E-state index in [4.69, 9.17) is 4.98 Å². The van der Waals surface area contributed by atoms with Gasteiger partial charge in [0.2, 0.25) is 5.95 Å². The van der Waals surface area contributed by atoms with Crippen LogP contribution in [-0.4, -0.2) is 28.6 Å². The Labute approximate surface area is 115 Å². The quantitative estimate of drug-likeness (QED) is 0.901. The zero-order valence-corrected chi connectivity index (χ0v) is 12.2. The predicted octanol–water partition coefficient (Wildman–Crippen LogP) is 2.27. The van der Waals surface area contributed by atoms with Crippen molar-refractivity contribution in [2.45, 2.75) is 58.7 Å². The molecule has 1 aromatic heterocycles. The van der Waals surface area contributed by atoms with Crippen molar-refractivity contribution in [1.82, 2.24) is 15.3 Å². The molecule has 0 radical (unpaired) electrons. The number of anilines is 1. The first-order valence-electron chi connectivity index (χ1n) is 7.46. The molecule has 2 heterocycles. The van der Waals surface area contributed by atoms with E-state index in [1.54, 1.807) is 0 Å². The van der Waals surface area contributed by atoms with Gasteiger partial charge in [0, 0.05) is 42.6 Å². The molecule has 0 spiro atoms. The smallest absolute Gasteiger partial charge is 0.225 e. The molecule has 4 nitrogen and oxygen atoms in total. The normalized spacial score (nSPS) is 27.0. The molecule has 2 fully saturated rings. The van der Waals surface area contributed by atoms with Crippen LogP contribution in [0.4, 0.5) is 5.95 Å². The molecule has 1 saturated carbocycles. The summed E-state index contributed by atoms with van der Waals surface area (Å²) in [5, 5.41) is 3.52. The van der Waals surface area contributed by atoms with E-state index in [0.29, 0.717) is 6.04 Å². The van der Waals surface area contributed by atoms with E-state index in [0.717, 1.165) is 36.7 Å². The Hall–Kier alpha value is -1.16. The zero-order chi connectivity index (χ0) is 13.4. The van der Waals surface area contributed by atoms with Gasteiger partial charge in [-0.1, -0.05) is 6.92 Å². The number of aromatic nitrogens is 2. The van der Waals surface area contributed by atoms with Crippen molar-refractivity contribution in [3.63, 3.8) is 0 Å². The summed E-state index contributed by atoms with van der Waals surface area (Å²) in [6, 6.07) is 1.29. The van der Waals surface area contributed by atoms with Gasteiger partial charge in [0.25, 0.3) is 0 Å². The zero-order valence-electron chi connectivity index (χ0n) is 12.2. The van der Waals surface area contributed by atoms with E-state index in [2.05, 4.69) is 36.0 Å². The first-order chi connectivity index (χ1) is 9.13. The topological polar surface area (TPSA) is 41.1 Å². The minimum atomic E-state index is 0.560. The maximum absolute atomic E-state index is 4.71. The highest BCUT2D eigenvalue weighted by Crippen LogP contribution is 2.26. The van der Waals surface area contributed by atoms with Crippen LogP contribution in [0, 0.1) is 12.8 Å². The fraction of sp³-hybridized carbons (Fsp3) is 0.733.